The molecule has 0 bridgehead atoms. The maximum absolute atomic E-state index is 13.1. The van der Waals surface area contributed by atoms with Crippen LogP contribution in [0.25, 0.3) is 11.6 Å². The SMILES string of the molecule is O=C(/C(=C/c1ccc(F)cc1)c1cccs1)N1CCCC(C(F)(F)F)C1. The Kier molecular flexibility index (Phi) is 5.46. The molecule has 1 aliphatic rings. The summed E-state index contributed by atoms with van der Waals surface area (Å²) in [6, 6.07) is 9.16. The Morgan fingerprint density at radius 2 is 1.92 bits per heavy atom. The summed E-state index contributed by atoms with van der Waals surface area (Å²) >= 11 is 1.34. The van der Waals surface area contributed by atoms with Crippen LogP contribution in [0.15, 0.2) is 41.8 Å². The molecule has 2 aromatic rings. The molecule has 0 saturated carbocycles. The normalized spacial score (nSPS) is 18.8. The van der Waals surface area contributed by atoms with Gasteiger partial charge in [-0.3, -0.25) is 4.79 Å². The van der Waals surface area contributed by atoms with Crippen molar-refractivity contribution in [2.45, 2.75) is 19.0 Å². The van der Waals surface area contributed by atoms with E-state index in [2.05, 4.69) is 0 Å². The maximum atomic E-state index is 13.1. The van der Waals surface area contributed by atoms with Crippen LogP contribution in [0, 0.1) is 11.7 Å². The number of alkyl halides is 3. The summed E-state index contributed by atoms with van der Waals surface area (Å²) in [4.78, 5) is 14.9. The number of benzene rings is 1. The number of rotatable bonds is 3. The number of amides is 1. The largest absolute Gasteiger partial charge is 0.393 e. The van der Waals surface area contributed by atoms with Gasteiger partial charge in [0.05, 0.1) is 11.5 Å². The second-order valence-corrected chi connectivity index (χ2v) is 7.17. The molecular formula is C19H17F4NOS. The van der Waals surface area contributed by atoms with Crippen molar-refractivity contribution < 1.29 is 22.4 Å². The second-order valence-electron chi connectivity index (χ2n) is 6.22. The highest BCUT2D eigenvalue weighted by molar-refractivity contribution is 7.11. The van der Waals surface area contributed by atoms with Crippen LogP contribution in [0.1, 0.15) is 23.3 Å². The van der Waals surface area contributed by atoms with Gasteiger partial charge in [-0.25, -0.2) is 4.39 Å². The molecule has 138 valence electrons. The molecule has 0 spiro atoms. The number of carbonyl (C=O) groups is 1. The Morgan fingerprint density at radius 3 is 2.54 bits per heavy atom. The number of hydrogen-bond acceptors (Lipinski definition) is 2. The Morgan fingerprint density at radius 1 is 1.19 bits per heavy atom. The molecule has 2 nitrogen and oxygen atoms in total. The number of nitrogens with zero attached hydrogens (tertiary/aromatic N) is 1. The first-order chi connectivity index (χ1) is 12.3. The summed E-state index contributed by atoms with van der Waals surface area (Å²) in [7, 11) is 0. The molecule has 0 N–H and O–H groups in total. The van der Waals surface area contributed by atoms with E-state index >= 15 is 0 Å². The van der Waals surface area contributed by atoms with Crippen LogP contribution in [0.2, 0.25) is 0 Å². The van der Waals surface area contributed by atoms with Crippen LogP contribution in [0.4, 0.5) is 17.6 Å². The highest BCUT2D eigenvalue weighted by atomic mass is 32.1. The summed E-state index contributed by atoms with van der Waals surface area (Å²) in [5, 5.41) is 1.80. The molecule has 1 fully saturated rings. The topological polar surface area (TPSA) is 20.3 Å². The fourth-order valence-corrected chi connectivity index (χ4v) is 3.73. The fourth-order valence-electron chi connectivity index (χ4n) is 2.99. The van der Waals surface area contributed by atoms with Crippen molar-refractivity contribution in [2.24, 2.45) is 5.92 Å². The lowest BCUT2D eigenvalue weighted by Crippen LogP contribution is -2.44. The number of likely N-dealkylation sites (tertiary alicyclic amines) is 1. The molecular weight excluding hydrogens is 366 g/mol. The summed E-state index contributed by atoms with van der Waals surface area (Å²) in [5.41, 5.74) is 0.946. The third-order valence-electron chi connectivity index (χ3n) is 4.37. The standard InChI is InChI=1S/C19H17F4NOS/c20-15-7-5-13(6-8-15)11-16(17-4-2-10-26-17)18(25)24-9-1-3-14(12-24)19(21,22)23/h2,4-8,10-11,14H,1,3,9,12H2/b16-11+. The molecule has 3 rings (SSSR count). The maximum Gasteiger partial charge on any atom is 0.393 e. The molecule has 1 saturated heterocycles. The number of thiophene rings is 1. The molecule has 1 amide bonds. The first kappa shape index (κ1) is 18.6. The van der Waals surface area contributed by atoms with E-state index < -0.39 is 23.8 Å². The molecule has 1 aromatic heterocycles. The molecule has 1 aliphatic heterocycles. The van der Waals surface area contributed by atoms with Crippen molar-refractivity contribution in [1.82, 2.24) is 4.90 Å². The minimum atomic E-state index is -4.30. The van der Waals surface area contributed by atoms with Crippen LogP contribution in [-0.4, -0.2) is 30.1 Å². The van der Waals surface area contributed by atoms with E-state index in [4.69, 9.17) is 0 Å². The molecule has 1 unspecified atom stereocenters. The summed E-state index contributed by atoms with van der Waals surface area (Å²) in [5.74, 6) is -2.31. The molecule has 0 radical (unpaired) electrons. The molecule has 26 heavy (non-hydrogen) atoms. The van der Waals surface area contributed by atoms with Crippen LogP contribution in [0.5, 0.6) is 0 Å². The van der Waals surface area contributed by atoms with Crippen molar-refractivity contribution in [3.8, 4) is 0 Å². The Balaban J connectivity index is 1.90. The lowest BCUT2D eigenvalue weighted by molar-refractivity contribution is -0.187. The van der Waals surface area contributed by atoms with Gasteiger partial charge in [-0.1, -0.05) is 18.2 Å². The van der Waals surface area contributed by atoms with E-state index in [-0.39, 0.29) is 13.0 Å². The second kappa shape index (κ2) is 7.61. The van der Waals surface area contributed by atoms with E-state index in [1.165, 1.54) is 40.5 Å². The van der Waals surface area contributed by atoms with Crippen LogP contribution < -0.4 is 0 Å². The summed E-state index contributed by atoms with van der Waals surface area (Å²) in [6.07, 6.45) is -2.33. The predicted octanol–water partition coefficient (Wildman–Crippen LogP) is 5.23. The van der Waals surface area contributed by atoms with Crippen LogP contribution in [0.3, 0.4) is 0 Å². The summed E-state index contributed by atoms with van der Waals surface area (Å²) in [6.45, 7) is -0.0218. The van der Waals surface area contributed by atoms with E-state index in [9.17, 15) is 22.4 Å². The third kappa shape index (κ3) is 4.33. The zero-order valence-electron chi connectivity index (χ0n) is 13.8. The average molecular weight is 383 g/mol. The van der Waals surface area contributed by atoms with Crippen LogP contribution >= 0.6 is 11.3 Å². The summed E-state index contributed by atoms with van der Waals surface area (Å²) < 4.78 is 52.3. The van der Waals surface area contributed by atoms with Gasteiger partial charge in [0.25, 0.3) is 5.91 Å². The third-order valence-corrected chi connectivity index (χ3v) is 5.27. The monoisotopic (exact) mass is 383 g/mol. The van der Waals surface area contributed by atoms with E-state index in [0.29, 0.717) is 29.0 Å². The van der Waals surface area contributed by atoms with Crippen LogP contribution in [-0.2, 0) is 4.79 Å². The Labute approximate surface area is 152 Å². The Hall–Kier alpha value is -2.15. The zero-order chi connectivity index (χ0) is 18.7. The minimum absolute atomic E-state index is 0.0449. The zero-order valence-corrected chi connectivity index (χ0v) is 14.6. The number of piperidine rings is 1. The fraction of sp³-hybridized carbons (Fsp3) is 0.316. The van der Waals surface area contributed by atoms with Crippen molar-refractivity contribution in [2.75, 3.05) is 13.1 Å². The van der Waals surface area contributed by atoms with Gasteiger partial charge >= 0.3 is 6.18 Å². The van der Waals surface area contributed by atoms with Gasteiger partial charge in [0.2, 0.25) is 0 Å². The molecule has 0 aliphatic carbocycles. The van der Waals surface area contributed by atoms with Gasteiger partial charge in [-0.2, -0.15) is 13.2 Å². The lowest BCUT2D eigenvalue weighted by atomic mass is 9.96. The Bertz CT molecular complexity index is 781. The smallest absolute Gasteiger partial charge is 0.338 e. The van der Waals surface area contributed by atoms with E-state index in [1.54, 1.807) is 23.6 Å². The lowest BCUT2D eigenvalue weighted by Gasteiger charge is -2.34. The quantitative estimate of drug-likeness (QED) is 0.525. The van der Waals surface area contributed by atoms with E-state index in [1.807, 2.05) is 0 Å². The van der Waals surface area contributed by atoms with Gasteiger partial charge < -0.3 is 4.90 Å². The molecule has 1 aromatic carbocycles. The van der Waals surface area contributed by atoms with Crippen molar-refractivity contribution in [3.63, 3.8) is 0 Å². The number of halogens is 4. The highest BCUT2D eigenvalue weighted by Gasteiger charge is 2.43. The van der Waals surface area contributed by atoms with Gasteiger partial charge in [0, 0.05) is 18.0 Å². The number of hydrogen-bond donors (Lipinski definition) is 0. The molecule has 2 heterocycles. The minimum Gasteiger partial charge on any atom is -0.338 e. The van der Waals surface area contributed by atoms with Gasteiger partial charge in [0.15, 0.2) is 0 Å². The van der Waals surface area contributed by atoms with Crippen molar-refractivity contribution in [3.05, 3.63) is 58.0 Å². The van der Waals surface area contributed by atoms with Gasteiger partial charge in [-0.05, 0) is 48.1 Å². The van der Waals surface area contributed by atoms with Gasteiger partial charge in [-0.15, -0.1) is 11.3 Å². The van der Waals surface area contributed by atoms with E-state index in [0.717, 1.165) is 0 Å². The number of carbonyl (C=O) groups excluding carboxylic acids is 1. The molecule has 1 atom stereocenters. The molecule has 7 heteroatoms. The van der Waals surface area contributed by atoms with Crippen molar-refractivity contribution >= 4 is 28.9 Å². The first-order valence-electron chi connectivity index (χ1n) is 8.22. The van der Waals surface area contributed by atoms with Gasteiger partial charge in [0.1, 0.15) is 5.82 Å². The average Bonchev–Trinajstić information content (AvgIpc) is 3.14. The highest BCUT2D eigenvalue weighted by Crippen LogP contribution is 2.34. The van der Waals surface area contributed by atoms with Crippen molar-refractivity contribution in [1.29, 1.82) is 0 Å². The first-order valence-corrected chi connectivity index (χ1v) is 9.09. The predicted molar refractivity (Wildman–Crippen MR) is 93.9 cm³/mol.